The first-order valence-electron chi connectivity index (χ1n) is 4.34. The van der Waals surface area contributed by atoms with E-state index in [1.165, 1.54) is 5.56 Å². The highest BCUT2D eigenvalue weighted by Crippen LogP contribution is 2.10. The fraction of sp³-hybridized carbons (Fsp3) is 0.667. The van der Waals surface area contributed by atoms with E-state index in [4.69, 9.17) is 5.11 Å². The SMILES string of the molecule is CCC(CO)Cc1cnn(C)c1. The van der Waals surface area contributed by atoms with Crippen molar-refractivity contribution in [2.45, 2.75) is 19.8 Å². The molecule has 3 nitrogen and oxygen atoms in total. The van der Waals surface area contributed by atoms with Gasteiger partial charge in [-0.05, 0) is 17.9 Å². The predicted octanol–water partition coefficient (Wildman–Crippen LogP) is 0.981. The van der Waals surface area contributed by atoms with Gasteiger partial charge < -0.3 is 5.11 Å². The fourth-order valence-electron chi connectivity index (χ4n) is 1.25. The Labute approximate surface area is 73.0 Å². The number of rotatable bonds is 4. The molecule has 1 N–H and O–H groups in total. The van der Waals surface area contributed by atoms with Crippen molar-refractivity contribution in [3.05, 3.63) is 18.0 Å². The Bertz CT molecular complexity index is 228. The first kappa shape index (κ1) is 9.26. The van der Waals surface area contributed by atoms with E-state index in [9.17, 15) is 0 Å². The molecule has 0 amide bonds. The lowest BCUT2D eigenvalue weighted by atomic mass is 10.0. The van der Waals surface area contributed by atoms with Gasteiger partial charge in [-0.1, -0.05) is 13.3 Å². The molecular weight excluding hydrogens is 152 g/mol. The number of nitrogens with zero attached hydrogens (tertiary/aromatic N) is 2. The highest BCUT2D eigenvalue weighted by molar-refractivity contribution is 5.04. The quantitative estimate of drug-likeness (QED) is 0.727. The van der Waals surface area contributed by atoms with Crippen LogP contribution in [0.2, 0.25) is 0 Å². The molecule has 3 heteroatoms. The molecule has 1 unspecified atom stereocenters. The first-order valence-corrected chi connectivity index (χ1v) is 4.34. The number of hydrogen-bond donors (Lipinski definition) is 1. The van der Waals surface area contributed by atoms with Crippen molar-refractivity contribution in [1.29, 1.82) is 0 Å². The van der Waals surface area contributed by atoms with E-state index in [1.54, 1.807) is 4.68 Å². The molecule has 0 radical (unpaired) electrons. The van der Waals surface area contributed by atoms with E-state index >= 15 is 0 Å². The van der Waals surface area contributed by atoms with Crippen LogP contribution in [-0.4, -0.2) is 21.5 Å². The Kier molecular flexibility index (Phi) is 3.29. The topological polar surface area (TPSA) is 38.1 Å². The summed E-state index contributed by atoms with van der Waals surface area (Å²) in [5.41, 5.74) is 1.21. The Morgan fingerprint density at radius 2 is 2.42 bits per heavy atom. The first-order chi connectivity index (χ1) is 5.76. The van der Waals surface area contributed by atoms with Gasteiger partial charge in [0.2, 0.25) is 0 Å². The molecule has 68 valence electrons. The van der Waals surface area contributed by atoms with Crippen LogP contribution in [-0.2, 0) is 13.5 Å². The third-order valence-corrected chi connectivity index (χ3v) is 2.12. The van der Waals surface area contributed by atoms with Gasteiger partial charge in [0.1, 0.15) is 0 Å². The van der Waals surface area contributed by atoms with Crippen LogP contribution in [0.4, 0.5) is 0 Å². The zero-order valence-electron chi connectivity index (χ0n) is 7.70. The highest BCUT2D eigenvalue weighted by atomic mass is 16.3. The van der Waals surface area contributed by atoms with E-state index in [-0.39, 0.29) is 6.61 Å². The summed E-state index contributed by atoms with van der Waals surface area (Å²) >= 11 is 0. The van der Waals surface area contributed by atoms with Crippen LogP contribution < -0.4 is 0 Å². The molecule has 1 heterocycles. The van der Waals surface area contributed by atoms with Crippen molar-refractivity contribution < 1.29 is 5.11 Å². The second-order valence-corrected chi connectivity index (χ2v) is 3.18. The van der Waals surface area contributed by atoms with Gasteiger partial charge in [-0.2, -0.15) is 5.10 Å². The molecule has 1 rings (SSSR count). The molecule has 0 spiro atoms. The van der Waals surface area contributed by atoms with Crippen molar-refractivity contribution in [3.8, 4) is 0 Å². The van der Waals surface area contributed by atoms with Gasteiger partial charge >= 0.3 is 0 Å². The summed E-state index contributed by atoms with van der Waals surface area (Å²) in [5.74, 6) is 0.384. The minimum absolute atomic E-state index is 0.269. The van der Waals surface area contributed by atoms with Gasteiger partial charge in [0, 0.05) is 19.9 Å². The van der Waals surface area contributed by atoms with Crippen LogP contribution >= 0.6 is 0 Å². The Hall–Kier alpha value is -0.830. The Morgan fingerprint density at radius 1 is 1.67 bits per heavy atom. The lowest BCUT2D eigenvalue weighted by Gasteiger charge is -2.08. The van der Waals surface area contributed by atoms with Gasteiger partial charge in [-0.3, -0.25) is 4.68 Å². The minimum atomic E-state index is 0.269. The molecule has 1 aromatic rings. The van der Waals surface area contributed by atoms with Gasteiger partial charge in [0.05, 0.1) is 6.20 Å². The van der Waals surface area contributed by atoms with E-state index in [1.807, 2.05) is 19.4 Å². The van der Waals surface area contributed by atoms with Gasteiger partial charge in [0.25, 0.3) is 0 Å². The van der Waals surface area contributed by atoms with Crippen LogP contribution in [0, 0.1) is 5.92 Å². The summed E-state index contributed by atoms with van der Waals surface area (Å²) in [6.07, 6.45) is 5.81. The summed E-state index contributed by atoms with van der Waals surface area (Å²) in [6.45, 7) is 2.36. The summed E-state index contributed by atoms with van der Waals surface area (Å²) in [6, 6.07) is 0. The van der Waals surface area contributed by atoms with Crippen LogP contribution in [0.5, 0.6) is 0 Å². The zero-order valence-corrected chi connectivity index (χ0v) is 7.70. The number of hydrogen-bond acceptors (Lipinski definition) is 2. The molecule has 0 saturated heterocycles. The molecular formula is C9H16N2O. The number of aliphatic hydroxyl groups excluding tert-OH is 1. The highest BCUT2D eigenvalue weighted by Gasteiger charge is 2.06. The van der Waals surface area contributed by atoms with Crippen LogP contribution in [0.25, 0.3) is 0 Å². The molecule has 0 bridgehead atoms. The van der Waals surface area contributed by atoms with Crippen molar-refractivity contribution >= 4 is 0 Å². The molecule has 0 fully saturated rings. The Morgan fingerprint density at radius 3 is 2.83 bits per heavy atom. The van der Waals surface area contributed by atoms with Gasteiger partial charge in [0.15, 0.2) is 0 Å². The van der Waals surface area contributed by atoms with Crippen LogP contribution in [0.15, 0.2) is 12.4 Å². The smallest absolute Gasteiger partial charge is 0.0521 e. The summed E-state index contributed by atoms with van der Waals surface area (Å²) < 4.78 is 1.79. The summed E-state index contributed by atoms with van der Waals surface area (Å²) in [5, 5.41) is 13.0. The maximum absolute atomic E-state index is 8.97. The molecule has 0 aliphatic rings. The normalized spacial score (nSPS) is 13.2. The minimum Gasteiger partial charge on any atom is -0.396 e. The molecule has 1 atom stereocenters. The van der Waals surface area contributed by atoms with Gasteiger partial charge in [-0.25, -0.2) is 0 Å². The fourth-order valence-corrected chi connectivity index (χ4v) is 1.25. The van der Waals surface area contributed by atoms with Crippen molar-refractivity contribution in [3.63, 3.8) is 0 Å². The third kappa shape index (κ3) is 2.34. The second kappa shape index (κ2) is 4.26. The maximum atomic E-state index is 8.97. The van der Waals surface area contributed by atoms with E-state index in [0.29, 0.717) is 5.92 Å². The van der Waals surface area contributed by atoms with Gasteiger partial charge in [-0.15, -0.1) is 0 Å². The maximum Gasteiger partial charge on any atom is 0.0521 e. The van der Waals surface area contributed by atoms with E-state index in [2.05, 4.69) is 12.0 Å². The van der Waals surface area contributed by atoms with Crippen LogP contribution in [0.3, 0.4) is 0 Å². The second-order valence-electron chi connectivity index (χ2n) is 3.18. The lowest BCUT2D eigenvalue weighted by Crippen LogP contribution is -2.07. The van der Waals surface area contributed by atoms with Crippen molar-refractivity contribution in [2.75, 3.05) is 6.61 Å². The summed E-state index contributed by atoms with van der Waals surface area (Å²) in [4.78, 5) is 0. The third-order valence-electron chi connectivity index (χ3n) is 2.12. The van der Waals surface area contributed by atoms with E-state index in [0.717, 1.165) is 12.8 Å². The Balaban J connectivity index is 2.50. The molecule has 0 aliphatic carbocycles. The zero-order chi connectivity index (χ0) is 8.97. The summed E-state index contributed by atoms with van der Waals surface area (Å²) in [7, 11) is 1.91. The number of aromatic nitrogens is 2. The largest absolute Gasteiger partial charge is 0.396 e. The molecule has 0 aliphatic heterocycles. The molecule has 12 heavy (non-hydrogen) atoms. The predicted molar refractivity (Wildman–Crippen MR) is 47.8 cm³/mol. The standard InChI is InChI=1S/C9H16N2O/c1-3-8(7-12)4-9-5-10-11(2)6-9/h5-6,8,12H,3-4,7H2,1-2H3. The molecule has 0 aromatic carbocycles. The molecule has 0 saturated carbocycles. The van der Waals surface area contributed by atoms with Crippen LogP contribution in [0.1, 0.15) is 18.9 Å². The number of aryl methyl sites for hydroxylation is 1. The molecule has 1 aromatic heterocycles. The average molecular weight is 168 g/mol. The van der Waals surface area contributed by atoms with Crippen molar-refractivity contribution in [2.24, 2.45) is 13.0 Å². The monoisotopic (exact) mass is 168 g/mol. The number of aliphatic hydroxyl groups is 1. The average Bonchev–Trinajstić information content (AvgIpc) is 2.47. The van der Waals surface area contributed by atoms with Crippen molar-refractivity contribution in [1.82, 2.24) is 9.78 Å². The van der Waals surface area contributed by atoms with E-state index < -0.39 is 0 Å². The lowest BCUT2D eigenvalue weighted by molar-refractivity contribution is 0.222.